The van der Waals surface area contributed by atoms with Gasteiger partial charge in [0.2, 0.25) is 5.91 Å². The maximum Gasteiger partial charge on any atom is 0.220 e. The van der Waals surface area contributed by atoms with Gasteiger partial charge in [-0.05, 0) is 12.8 Å². The van der Waals surface area contributed by atoms with E-state index in [-0.39, 0.29) is 18.9 Å². The maximum absolute atomic E-state index is 13.0. The summed E-state index contributed by atoms with van der Waals surface area (Å²) in [6.07, 6.45) is 16.4. The summed E-state index contributed by atoms with van der Waals surface area (Å²) in [5.41, 5.74) is 0. The molecule has 59 heavy (non-hydrogen) atoms. The Morgan fingerprint density at radius 2 is 1.05 bits per heavy atom. The number of carbonyl (C=O) groups is 1. The lowest BCUT2D eigenvalue weighted by atomic mass is 9.97. The average molecular weight is 848 g/mol. The molecule has 2 fully saturated rings. The third-order valence-electron chi connectivity index (χ3n) is 11.7. The predicted molar refractivity (Wildman–Crippen MR) is 226 cm³/mol. The van der Waals surface area contributed by atoms with E-state index in [2.05, 4.69) is 19.2 Å². The number of hydrogen-bond donors (Lipinski definition) is 9. The van der Waals surface area contributed by atoms with Crippen LogP contribution in [0.5, 0.6) is 0 Å². The van der Waals surface area contributed by atoms with Crippen molar-refractivity contribution in [2.75, 3.05) is 19.8 Å². The van der Waals surface area contributed by atoms with Gasteiger partial charge in [0, 0.05) is 6.42 Å². The number of aliphatic hydroxyl groups is 8. The third-order valence-corrected chi connectivity index (χ3v) is 11.7. The minimum absolute atomic E-state index is 0.246. The molecule has 0 bridgehead atoms. The van der Waals surface area contributed by atoms with Gasteiger partial charge < -0.3 is 65.1 Å². The zero-order valence-corrected chi connectivity index (χ0v) is 36.5. The number of allylic oxidation sites excluding steroid dienone is 1. The highest BCUT2D eigenvalue weighted by molar-refractivity contribution is 5.76. The van der Waals surface area contributed by atoms with Gasteiger partial charge in [0.15, 0.2) is 12.6 Å². The second kappa shape index (κ2) is 33.3. The molecule has 2 saturated heterocycles. The highest BCUT2D eigenvalue weighted by Gasteiger charge is 2.50. The number of aliphatic hydroxyl groups excluding tert-OH is 8. The molecule has 9 N–H and O–H groups in total. The Morgan fingerprint density at radius 3 is 1.54 bits per heavy atom. The summed E-state index contributed by atoms with van der Waals surface area (Å²) in [7, 11) is 0. The third kappa shape index (κ3) is 21.6. The molecule has 14 heteroatoms. The van der Waals surface area contributed by atoms with Crippen LogP contribution in [0.4, 0.5) is 0 Å². The van der Waals surface area contributed by atoms with Gasteiger partial charge in [-0.1, -0.05) is 167 Å². The minimum Gasteiger partial charge on any atom is -0.394 e. The molecule has 0 radical (unpaired) electrons. The molecule has 348 valence electrons. The first kappa shape index (κ1) is 53.9. The number of hydrogen-bond acceptors (Lipinski definition) is 13. The molecule has 14 nitrogen and oxygen atoms in total. The standard InChI is InChI=1S/C45H85NO13/c1-3-5-7-9-10-11-12-13-14-15-16-17-18-19-20-21-22-23-24-25-27-29-37(50)46-33(34(49)28-26-8-6-4-2)32-56-44-42(55)40(53)43(36(31-48)58-44)59-45-41(54)39(52)38(51)35(30-47)57-45/h26,28,33-36,38-45,47-49,51-55H,3-25,27,29-32H2,1-2H3,(H,46,50)/b28-26+. The molecule has 0 saturated carbocycles. The molecule has 0 aromatic rings. The molecule has 2 heterocycles. The van der Waals surface area contributed by atoms with Crippen LogP contribution < -0.4 is 5.32 Å². The molecule has 0 aromatic carbocycles. The number of unbranched alkanes of at least 4 members (excludes halogenated alkanes) is 22. The lowest BCUT2D eigenvalue weighted by Crippen LogP contribution is -2.65. The van der Waals surface area contributed by atoms with Crippen LogP contribution in [0.2, 0.25) is 0 Å². The van der Waals surface area contributed by atoms with Crippen LogP contribution in [-0.4, -0.2) is 140 Å². The highest BCUT2D eigenvalue weighted by Crippen LogP contribution is 2.30. The van der Waals surface area contributed by atoms with Gasteiger partial charge in [-0.15, -0.1) is 0 Å². The van der Waals surface area contributed by atoms with Gasteiger partial charge in [0.1, 0.15) is 48.8 Å². The fourth-order valence-corrected chi connectivity index (χ4v) is 7.81. The summed E-state index contributed by atoms with van der Waals surface area (Å²) in [5.74, 6) is -0.246. The van der Waals surface area contributed by atoms with Crippen molar-refractivity contribution in [2.45, 2.75) is 248 Å². The number of rotatable bonds is 35. The summed E-state index contributed by atoms with van der Waals surface area (Å²) in [4.78, 5) is 13.0. The van der Waals surface area contributed by atoms with Crippen LogP contribution in [0.3, 0.4) is 0 Å². The zero-order valence-electron chi connectivity index (χ0n) is 36.5. The summed E-state index contributed by atoms with van der Waals surface area (Å²) < 4.78 is 22.5. The molecule has 0 spiro atoms. The Bertz CT molecular complexity index is 1050. The number of nitrogens with one attached hydrogen (secondary N) is 1. The van der Waals surface area contributed by atoms with Crippen molar-refractivity contribution in [3.63, 3.8) is 0 Å². The first-order valence-electron chi connectivity index (χ1n) is 23.4. The van der Waals surface area contributed by atoms with Gasteiger partial charge in [-0.2, -0.15) is 0 Å². The summed E-state index contributed by atoms with van der Waals surface area (Å²) in [6, 6.07) is -0.904. The van der Waals surface area contributed by atoms with Crippen LogP contribution in [0.1, 0.15) is 174 Å². The van der Waals surface area contributed by atoms with Crippen molar-refractivity contribution < 1.29 is 64.6 Å². The van der Waals surface area contributed by atoms with Crippen molar-refractivity contribution in [3.05, 3.63) is 12.2 Å². The molecule has 0 aromatic heterocycles. The molecule has 2 rings (SSSR count). The number of ether oxygens (including phenoxy) is 4. The molecule has 2 aliphatic rings. The van der Waals surface area contributed by atoms with Crippen LogP contribution in [0.15, 0.2) is 12.2 Å². The van der Waals surface area contributed by atoms with E-state index in [1.807, 2.05) is 6.08 Å². The Hall–Kier alpha value is -1.27. The quantitative estimate of drug-likeness (QED) is 0.0308. The highest BCUT2D eigenvalue weighted by atomic mass is 16.7. The Labute approximate surface area is 355 Å². The first-order valence-corrected chi connectivity index (χ1v) is 23.4. The van der Waals surface area contributed by atoms with Crippen molar-refractivity contribution in [2.24, 2.45) is 0 Å². The Morgan fingerprint density at radius 1 is 0.593 bits per heavy atom. The largest absolute Gasteiger partial charge is 0.394 e. The second-order valence-electron chi connectivity index (χ2n) is 16.9. The van der Waals surface area contributed by atoms with Gasteiger partial charge >= 0.3 is 0 Å². The van der Waals surface area contributed by atoms with E-state index in [4.69, 9.17) is 18.9 Å². The summed E-state index contributed by atoms with van der Waals surface area (Å²) >= 11 is 0. The first-order chi connectivity index (χ1) is 28.6. The average Bonchev–Trinajstić information content (AvgIpc) is 3.23. The molecule has 1 amide bonds. The lowest BCUT2D eigenvalue weighted by molar-refractivity contribution is -0.359. The molecule has 12 atom stereocenters. The van der Waals surface area contributed by atoms with Gasteiger partial charge in [0.25, 0.3) is 0 Å². The smallest absolute Gasteiger partial charge is 0.220 e. The van der Waals surface area contributed by atoms with Gasteiger partial charge in [-0.3, -0.25) is 4.79 Å². The van der Waals surface area contributed by atoms with Crippen LogP contribution in [0.25, 0.3) is 0 Å². The fourth-order valence-electron chi connectivity index (χ4n) is 7.81. The van der Waals surface area contributed by atoms with Crippen molar-refractivity contribution in [1.82, 2.24) is 5.32 Å². The van der Waals surface area contributed by atoms with Crippen molar-refractivity contribution >= 4 is 5.91 Å². The molecule has 0 aliphatic carbocycles. The van der Waals surface area contributed by atoms with E-state index in [0.29, 0.717) is 6.42 Å². The van der Waals surface area contributed by atoms with Crippen LogP contribution >= 0.6 is 0 Å². The summed E-state index contributed by atoms with van der Waals surface area (Å²) in [5, 5.41) is 85.9. The zero-order chi connectivity index (χ0) is 43.3. The Kier molecular flexibility index (Phi) is 30.4. The fraction of sp³-hybridized carbons (Fsp3) is 0.933. The van der Waals surface area contributed by atoms with E-state index in [0.717, 1.165) is 38.5 Å². The van der Waals surface area contributed by atoms with E-state index in [9.17, 15) is 45.6 Å². The van der Waals surface area contributed by atoms with E-state index in [1.54, 1.807) is 6.08 Å². The van der Waals surface area contributed by atoms with E-state index >= 15 is 0 Å². The number of amides is 1. The van der Waals surface area contributed by atoms with Crippen LogP contribution in [0, 0.1) is 0 Å². The van der Waals surface area contributed by atoms with Crippen molar-refractivity contribution in [3.8, 4) is 0 Å². The molecular weight excluding hydrogens is 762 g/mol. The Balaban J connectivity index is 1.69. The molecule has 12 unspecified atom stereocenters. The topological polar surface area (TPSA) is 228 Å². The predicted octanol–water partition coefficient (Wildman–Crippen LogP) is 4.82. The van der Waals surface area contributed by atoms with E-state index in [1.165, 1.54) is 109 Å². The van der Waals surface area contributed by atoms with Crippen molar-refractivity contribution in [1.29, 1.82) is 0 Å². The lowest BCUT2D eigenvalue weighted by Gasteiger charge is -2.46. The summed E-state index contributed by atoms with van der Waals surface area (Å²) in [6.45, 7) is 2.62. The second-order valence-corrected chi connectivity index (χ2v) is 16.9. The van der Waals surface area contributed by atoms with Gasteiger partial charge in [0.05, 0.1) is 32.0 Å². The van der Waals surface area contributed by atoms with E-state index < -0.39 is 86.8 Å². The number of carbonyl (C=O) groups excluding carboxylic acids is 1. The normalized spacial score (nSPS) is 28.6. The van der Waals surface area contributed by atoms with Gasteiger partial charge in [-0.25, -0.2) is 0 Å². The molecule has 2 aliphatic heterocycles. The maximum atomic E-state index is 13.0. The monoisotopic (exact) mass is 848 g/mol. The minimum atomic E-state index is -1.78. The molecular formula is C45H85NO13. The SMILES string of the molecule is CCCC/C=C/C(O)C(COC1OC(CO)C(OC2OC(CO)C(O)C(O)C2O)C(O)C1O)NC(=O)CCCCCCCCCCCCCCCCCCCCCCC. The van der Waals surface area contributed by atoms with Crippen LogP contribution in [-0.2, 0) is 23.7 Å².